The fourth-order valence-corrected chi connectivity index (χ4v) is 1.72. The number of aromatic amines is 1. The number of anilines is 1. The van der Waals surface area contributed by atoms with E-state index in [2.05, 4.69) is 20.5 Å². The van der Waals surface area contributed by atoms with Crippen molar-refractivity contribution in [2.45, 2.75) is 13.5 Å². The van der Waals surface area contributed by atoms with Crippen molar-refractivity contribution >= 4 is 29.0 Å². The van der Waals surface area contributed by atoms with Crippen LogP contribution < -0.4 is 5.32 Å². The zero-order valence-corrected chi connectivity index (χ0v) is 10.1. The van der Waals surface area contributed by atoms with Crippen molar-refractivity contribution < 1.29 is 0 Å². The highest BCUT2D eigenvalue weighted by atomic mass is 35.5. The molecule has 2 rings (SSSR count). The number of H-pyrrole nitrogens is 1. The molecule has 0 atom stereocenters. The molecule has 0 spiro atoms. The third-order valence-corrected chi connectivity index (χ3v) is 2.68. The molecule has 0 aliphatic heterocycles. The summed E-state index contributed by atoms with van der Waals surface area (Å²) in [6.07, 6.45) is 3.32. The molecule has 0 amide bonds. The topological polar surface area (TPSA) is 53.6 Å². The number of pyridine rings is 1. The zero-order chi connectivity index (χ0) is 11.5. The molecule has 0 aliphatic carbocycles. The number of aryl methyl sites for hydroxylation is 1. The molecule has 6 heteroatoms. The number of nitrogens with zero attached hydrogens (tertiary/aromatic N) is 2. The number of aromatic nitrogens is 3. The highest BCUT2D eigenvalue weighted by Crippen LogP contribution is 2.23. The monoisotopic (exact) mass is 256 g/mol. The number of hydrogen-bond acceptors (Lipinski definition) is 3. The van der Waals surface area contributed by atoms with Crippen LogP contribution in [0.15, 0.2) is 18.5 Å². The number of rotatable bonds is 3. The standard InChI is InChI=1S/C10H10Cl2N4/c1-6-7(4-15-16-6)3-13-10-9(12)2-8(11)5-14-10/h2,4-5H,3H2,1H3,(H,13,14)(H,15,16). The Morgan fingerprint density at radius 1 is 1.38 bits per heavy atom. The predicted octanol–water partition coefficient (Wildman–Crippen LogP) is 3.03. The molecule has 84 valence electrons. The number of hydrogen-bond donors (Lipinski definition) is 2. The van der Waals surface area contributed by atoms with Crippen molar-refractivity contribution in [3.05, 3.63) is 39.8 Å². The molecule has 0 radical (unpaired) electrons. The minimum absolute atomic E-state index is 0.508. The first kappa shape index (κ1) is 11.2. The summed E-state index contributed by atoms with van der Waals surface area (Å²) < 4.78 is 0. The molecule has 2 N–H and O–H groups in total. The van der Waals surface area contributed by atoms with E-state index in [4.69, 9.17) is 23.2 Å². The van der Waals surface area contributed by atoms with E-state index in [0.717, 1.165) is 11.3 Å². The van der Waals surface area contributed by atoms with Crippen LogP contribution in [0.2, 0.25) is 10.0 Å². The summed E-state index contributed by atoms with van der Waals surface area (Å²) in [5.74, 6) is 0.617. The SMILES string of the molecule is Cc1[nH]ncc1CNc1ncc(Cl)cc1Cl. The molecule has 0 saturated heterocycles. The minimum atomic E-state index is 0.508. The highest BCUT2D eigenvalue weighted by Gasteiger charge is 2.04. The van der Waals surface area contributed by atoms with Gasteiger partial charge in [0.2, 0.25) is 0 Å². The van der Waals surface area contributed by atoms with Gasteiger partial charge in [0.15, 0.2) is 0 Å². The molecular formula is C10H10Cl2N4. The highest BCUT2D eigenvalue weighted by molar-refractivity contribution is 6.35. The maximum absolute atomic E-state index is 5.98. The number of nitrogens with one attached hydrogen (secondary N) is 2. The molecule has 16 heavy (non-hydrogen) atoms. The molecular weight excluding hydrogens is 247 g/mol. The van der Waals surface area contributed by atoms with Crippen molar-refractivity contribution in [2.75, 3.05) is 5.32 Å². The van der Waals surface area contributed by atoms with Crippen LogP contribution in [0.5, 0.6) is 0 Å². The Morgan fingerprint density at radius 3 is 2.81 bits per heavy atom. The zero-order valence-electron chi connectivity index (χ0n) is 8.59. The smallest absolute Gasteiger partial charge is 0.145 e. The predicted molar refractivity (Wildman–Crippen MR) is 64.9 cm³/mol. The molecule has 0 aromatic carbocycles. The normalized spacial score (nSPS) is 10.4. The van der Waals surface area contributed by atoms with Gasteiger partial charge in [-0.15, -0.1) is 0 Å². The molecule has 0 saturated carbocycles. The van der Waals surface area contributed by atoms with Gasteiger partial charge >= 0.3 is 0 Å². The van der Waals surface area contributed by atoms with Crippen molar-refractivity contribution in [1.29, 1.82) is 0 Å². The summed E-state index contributed by atoms with van der Waals surface area (Å²) in [4.78, 5) is 4.10. The molecule has 4 nitrogen and oxygen atoms in total. The average molecular weight is 257 g/mol. The van der Waals surface area contributed by atoms with Gasteiger partial charge in [-0.2, -0.15) is 5.10 Å². The lowest BCUT2D eigenvalue weighted by atomic mass is 10.2. The fraction of sp³-hybridized carbons (Fsp3) is 0.200. The Labute approximate surface area is 103 Å². The third kappa shape index (κ3) is 2.46. The van der Waals surface area contributed by atoms with E-state index in [0.29, 0.717) is 22.4 Å². The van der Waals surface area contributed by atoms with E-state index >= 15 is 0 Å². The van der Waals surface area contributed by atoms with Gasteiger partial charge in [0, 0.05) is 24.0 Å². The quantitative estimate of drug-likeness (QED) is 0.888. The van der Waals surface area contributed by atoms with Gasteiger partial charge in [0.05, 0.1) is 16.2 Å². The van der Waals surface area contributed by atoms with Crippen LogP contribution in [-0.4, -0.2) is 15.2 Å². The summed E-state index contributed by atoms with van der Waals surface area (Å²) in [6, 6.07) is 1.65. The van der Waals surface area contributed by atoms with Crippen LogP contribution in [0, 0.1) is 6.92 Å². The summed E-state index contributed by atoms with van der Waals surface area (Å²) in [6.45, 7) is 2.58. The molecule has 2 aromatic heterocycles. The number of halogens is 2. The van der Waals surface area contributed by atoms with Crippen LogP contribution in [0.4, 0.5) is 5.82 Å². The molecule has 2 aromatic rings. The first-order chi connectivity index (χ1) is 7.66. The maximum Gasteiger partial charge on any atom is 0.145 e. The van der Waals surface area contributed by atoms with E-state index in [1.807, 2.05) is 6.92 Å². The molecule has 0 unspecified atom stereocenters. The second kappa shape index (κ2) is 4.72. The summed E-state index contributed by atoms with van der Waals surface area (Å²) in [7, 11) is 0. The Kier molecular flexibility index (Phi) is 3.31. The first-order valence-corrected chi connectivity index (χ1v) is 5.46. The van der Waals surface area contributed by atoms with Crippen LogP contribution in [0.25, 0.3) is 0 Å². The van der Waals surface area contributed by atoms with Gasteiger partial charge in [0.1, 0.15) is 5.82 Å². The van der Waals surface area contributed by atoms with E-state index in [1.54, 1.807) is 18.5 Å². The van der Waals surface area contributed by atoms with Crippen molar-refractivity contribution in [3.8, 4) is 0 Å². The van der Waals surface area contributed by atoms with Crippen LogP contribution in [0.1, 0.15) is 11.3 Å². The van der Waals surface area contributed by atoms with E-state index in [1.165, 1.54) is 0 Å². The fourth-order valence-electron chi connectivity index (χ4n) is 1.28. The molecule has 0 bridgehead atoms. The van der Waals surface area contributed by atoms with E-state index < -0.39 is 0 Å². The van der Waals surface area contributed by atoms with Crippen molar-refractivity contribution in [2.24, 2.45) is 0 Å². The largest absolute Gasteiger partial charge is 0.365 e. The Balaban J connectivity index is 2.08. The van der Waals surface area contributed by atoms with Crippen LogP contribution >= 0.6 is 23.2 Å². The lowest BCUT2D eigenvalue weighted by molar-refractivity contribution is 1.04. The summed E-state index contributed by atoms with van der Waals surface area (Å²) in [5, 5.41) is 10.9. The average Bonchev–Trinajstić information content (AvgIpc) is 2.63. The molecule has 0 fully saturated rings. The van der Waals surface area contributed by atoms with Gasteiger partial charge in [-0.1, -0.05) is 23.2 Å². The molecule has 2 heterocycles. The Hall–Kier alpha value is -1.26. The van der Waals surface area contributed by atoms with Crippen molar-refractivity contribution in [1.82, 2.24) is 15.2 Å². The van der Waals surface area contributed by atoms with Gasteiger partial charge in [-0.25, -0.2) is 4.98 Å². The second-order valence-corrected chi connectivity index (χ2v) is 4.20. The van der Waals surface area contributed by atoms with Crippen LogP contribution in [-0.2, 0) is 6.54 Å². The Morgan fingerprint density at radius 2 is 2.19 bits per heavy atom. The van der Waals surface area contributed by atoms with Crippen LogP contribution in [0.3, 0.4) is 0 Å². The first-order valence-electron chi connectivity index (χ1n) is 4.70. The van der Waals surface area contributed by atoms with Crippen molar-refractivity contribution in [3.63, 3.8) is 0 Å². The second-order valence-electron chi connectivity index (χ2n) is 3.36. The van der Waals surface area contributed by atoms with Gasteiger partial charge < -0.3 is 5.32 Å². The van der Waals surface area contributed by atoms with Gasteiger partial charge in [-0.3, -0.25) is 5.10 Å². The summed E-state index contributed by atoms with van der Waals surface area (Å²) in [5.41, 5.74) is 2.10. The Bertz CT molecular complexity index is 495. The van der Waals surface area contributed by atoms with E-state index in [-0.39, 0.29) is 0 Å². The lowest BCUT2D eigenvalue weighted by Crippen LogP contribution is -2.02. The summed E-state index contributed by atoms with van der Waals surface area (Å²) >= 11 is 11.7. The van der Waals surface area contributed by atoms with Gasteiger partial charge in [0.25, 0.3) is 0 Å². The molecule has 0 aliphatic rings. The van der Waals surface area contributed by atoms with Gasteiger partial charge in [-0.05, 0) is 13.0 Å². The minimum Gasteiger partial charge on any atom is -0.365 e. The lowest BCUT2D eigenvalue weighted by Gasteiger charge is -2.06. The third-order valence-electron chi connectivity index (χ3n) is 2.19. The maximum atomic E-state index is 5.98. The van der Waals surface area contributed by atoms with E-state index in [9.17, 15) is 0 Å².